The fraction of sp³-hybridized carbons (Fsp3) is 0.167. The van der Waals surface area contributed by atoms with E-state index in [1.807, 2.05) is 0 Å². The van der Waals surface area contributed by atoms with Gasteiger partial charge < -0.3 is 4.42 Å². The minimum Gasteiger partial charge on any atom is -0.455 e. The number of hydrogen-bond acceptors (Lipinski definition) is 5. The van der Waals surface area contributed by atoms with Gasteiger partial charge in [-0.2, -0.15) is 5.10 Å². The summed E-state index contributed by atoms with van der Waals surface area (Å²) in [5, 5.41) is 4.67. The summed E-state index contributed by atoms with van der Waals surface area (Å²) >= 11 is 11.9. The smallest absolute Gasteiger partial charge is 0.305 e. The molecule has 0 fully saturated rings. The lowest BCUT2D eigenvalue weighted by atomic mass is 9.93. The van der Waals surface area contributed by atoms with Crippen LogP contribution >= 0.6 is 23.2 Å². The number of hydrazine groups is 1. The average Bonchev–Trinajstić information content (AvgIpc) is 3.18. The summed E-state index contributed by atoms with van der Waals surface area (Å²) in [6.07, 6.45) is 1.77. The monoisotopic (exact) mass is 516 g/mol. The van der Waals surface area contributed by atoms with Gasteiger partial charge in [0.25, 0.3) is 11.8 Å². The minimum atomic E-state index is -0.689. The first-order valence-electron chi connectivity index (χ1n) is 10.6. The quantitative estimate of drug-likeness (QED) is 0.440. The van der Waals surface area contributed by atoms with Crippen molar-refractivity contribution in [1.82, 2.24) is 16.3 Å². The third kappa shape index (κ3) is 5.21. The molecular formula is C24H19Cl2FN4O4. The Morgan fingerprint density at radius 1 is 0.971 bits per heavy atom. The molecule has 3 amide bonds. The molecule has 3 N–H and O–H groups in total. The topological polar surface area (TPSA) is 113 Å². The molecule has 1 aromatic heterocycles. The Kier molecular flexibility index (Phi) is 7.18. The molecule has 1 heterocycles. The summed E-state index contributed by atoms with van der Waals surface area (Å²) < 4.78 is 19.6. The van der Waals surface area contributed by atoms with Crippen LogP contribution in [0.1, 0.15) is 61.0 Å². The molecular weight excluding hydrogens is 498 g/mol. The van der Waals surface area contributed by atoms with Gasteiger partial charge in [0.15, 0.2) is 5.76 Å². The zero-order chi connectivity index (χ0) is 25.1. The number of nitrogens with zero attached hydrogens (tertiary/aromatic N) is 1. The van der Waals surface area contributed by atoms with E-state index >= 15 is 0 Å². The number of halogens is 3. The van der Waals surface area contributed by atoms with Crippen molar-refractivity contribution in [2.24, 2.45) is 5.10 Å². The van der Waals surface area contributed by atoms with Gasteiger partial charge in [-0.1, -0.05) is 35.3 Å². The minimum absolute atomic E-state index is 0.00691. The van der Waals surface area contributed by atoms with Gasteiger partial charge in [0.05, 0.1) is 21.9 Å². The highest BCUT2D eigenvalue weighted by atomic mass is 35.5. The zero-order valence-electron chi connectivity index (χ0n) is 18.4. The van der Waals surface area contributed by atoms with E-state index in [1.54, 1.807) is 13.0 Å². The SMILES string of the molecule is Cc1c(C(=O)NNC(=O)c2ccc(Cl)cc2Cl)oc2c1/C(=N/NC(=O)c1ccccc1F)CCC2. The van der Waals surface area contributed by atoms with Gasteiger partial charge in [-0.15, -0.1) is 0 Å². The maximum Gasteiger partial charge on any atom is 0.305 e. The fourth-order valence-corrected chi connectivity index (χ4v) is 4.23. The molecule has 0 radical (unpaired) electrons. The molecule has 3 aromatic rings. The molecule has 1 aliphatic rings. The van der Waals surface area contributed by atoms with Crippen LogP contribution in [0.2, 0.25) is 10.0 Å². The van der Waals surface area contributed by atoms with Crippen molar-refractivity contribution in [3.05, 3.63) is 92.1 Å². The van der Waals surface area contributed by atoms with Crippen LogP contribution in [0.15, 0.2) is 52.0 Å². The Labute approximate surface area is 209 Å². The molecule has 35 heavy (non-hydrogen) atoms. The number of furan rings is 1. The molecule has 0 bridgehead atoms. The lowest BCUT2D eigenvalue weighted by Crippen LogP contribution is -2.41. The summed E-state index contributed by atoms with van der Waals surface area (Å²) in [4.78, 5) is 37.4. The third-order valence-electron chi connectivity index (χ3n) is 5.41. The normalized spacial score (nSPS) is 13.8. The van der Waals surface area contributed by atoms with E-state index in [-0.39, 0.29) is 21.9 Å². The molecule has 8 nitrogen and oxygen atoms in total. The highest BCUT2D eigenvalue weighted by Crippen LogP contribution is 2.30. The van der Waals surface area contributed by atoms with Crippen LogP contribution in [-0.4, -0.2) is 23.4 Å². The molecule has 2 aromatic carbocycles. The largest absolute Gasteiger partial charge is 0.455 e. The van der Waals surface area contributed by atoms with Crippen LogP contribution in [0.3, 0.4) is 0 Å². The van der Waals surface area contributed by atoms with Crippen LogP contribution in [0.25, 0.3) is 0 Å². The Hall–Kier alpha value is -3.69. The van der Waals surface area contributed by atoms with Gasteiger partial charge in [-0.05, 0) is 50.1 Å². The van der Waals surface area contributed by atoms with Crippen molar-refractivity contribution in [2.45, 2.75) is 26.2 Å². The molecule has 0 atom stereocenters. The predicted octanol–water partition coefficient (Wildman–Crippen LogP) is 4.58. The summed E-state index contributed by atoms with van der Waals surface area (Å²) in [5.74, 6) is -2.13. The van der Waals surface area contributed by atoms with Gasteiger partial charge in [0.2, 0.25) is 0 Å². The van der Waals surface area contributed by atoms with E-state index in [9.17, 15) is 18.8 Å². The lowest BCUT2D eigenvalue weighted by Gasteiger charge is -2.13. The van der Waals surface area contributed by atoms with Crippen molar-refractivity contribution < 1.29 is 23.2 Å². The molecule has 0 saturated carbocycles. The third-order valence-corrected chi connectivity index (χ3v) is 5.96. The second-order valence-corrected chi connectivity index (χ2v) is 8.56. The fourth-order valence-electron chi connectivity index (χ4n) is 3.73. The van der Waals surface area contributed by atoms with Gasteiger partial charge in [-0.25, -0.2) is 9.82 Å². The summed E-state index contributed by atoms with van der Waals surface area (Å²) in [5.41, 5.74) is 8.57. The van der Waals surface area contributed by atoms with Gasteiger partial charge >= 0.3 is 5.91 Å². The van der Waals surface area contributed by atoms with Crippen molar-refractivity contribution in [2.75, 3.05) is 0 Å². The van der Waals surface area contributed by atoms with Crippen molar-refractivity contribution in [3.63, 3.8) is 0 Å². The van der Waals surface area contributed by atoms with Gasteiger partial charge in [0, 0.05) is 22.6 Å². The molecule has 0 aliphatic heterocycles. The average molecular weight is 517 g/mol. The Morgan fingerprint density at radius 3 is 2.46 bits per heavy atom. The summed E-state index contributed by atoms with van der Waals surface area (Å²) in [6.45, 7) is 1.68. The Balaban J connectivity index is 1.49. The van der Waals surface area contributed by atoms with Crippen LogP contribution < -0.4 is 16.3 Å². The molecule has 1 aliphatic carbocycles. The number of rotatable bonds is 4. The summed E-state index contributed by atoms with van der Waals surface area (Å²) in [7, 11) is 0. The number of aryl methyl sites for hydroxylation is 1. The van der Waals surface area contributed by atoms with Gasteiger partial charge in [0.1, 0.15) is 11.6 Å². The summed E-state index contributed by atoms with van der Waals surface area (Å²) in [6, 6.07) is 9.92. The molecule has 180 valence electrons. The number of fused-ring (bicyclic) bond motifs is 1. The second kappa shape index (κ2) is 10.3. The number of carbonyl (C=O) groups is 3. The molecule has 11 heteroatoms. The Bertz CT molecular complexity index is 1370. The van der Waals surface area contributed by atoms with Crippen molar-refractivity contribution in [1.29, 1.82) is 0 Å². The molecule has 0 unspecified atom stereocenters. The van der Waals surface area contributed by atoms with E-state index < -0.39 is 23.5 Å². The van der Waals surface area contributed by atoms with E-state index in [0.717, 1.165) is 0 Å². The molecule has 0 saturated heterocycles. The van der Waals surface area contributed by atoms with Crippen molar-refractivity contribution in [3.8, 4) is 0 Å². The number of carbonyl (C=O) groups excluding carboxylic acids is 3. The van der Waals surface area contributed by atoms with Crippen LogP contribution in [0.5, 0.6) is 0 Å². The number of amides is 3. The van der Waals surface area contributed by atoms with E-state index in [2.05, 4.69) is 21.4 Å². The standard InChI is InChI=1S/C24H19Cl2FN4O4/c1-12-20-18(28-29-23(33)15-5-2-3-6-17(15)27)7-4-8-19(20)35-21(12)24(34)31-30-22(32)14-10-9-13(25)11-16(14)26/h2-3,5-6,9-11H,4,7-8H2,1H3,(H,29,33)(H,30,32)(H,31,34)/b28-18+. The number of hydrogen-bond donors (Lipinski definition) is 3. The second-order valence-electron chi connectivity index (χ2n) is 7.72. The van der Waals surface area contributed by atoms with Crippen LogP contribution in [0.4, 0.5) is 4.39 Å². The number of nitrogens with one attached hydrogen (secondary N) is 3. The predicted molar refractivity (Wildman–Crippen MR) is 128 cm³/mol. The highest BCUT2D eigenvalue weighted by Gasteiger charge is 2.28. The first kappa shape index (κ1) is 24.4. The number of benzene rings is 2. The Morgan fingerprint density at radius 2 is 1.71 bits per heavy atom. The first-order chi connectivity index (χ1) is 16.8. The van der Waals surface area contributed by atoms with Gasteiger partial charge in [-0.3, -0.25) is 25.2 Å². The van der Waals surface area contributed by atoms with Crippen LogP contribution in [-0.2, 0) is 6.42 Å². The maximum atomic E-state index is 13.9. The maximum absolute atomic E-state index is 13.9. The van der Waals surface area contributed by atoms with E-state index in [4.69, 9.17) is 27.6 Å². The highest BCUT2D eigenvalue weighted by molar-refractivity contribution is 6.36. The zero-order valence-corrected chi connectivity index (χ0v) is 19.9. The van der Waals surface area contributed by atoms with E-state index in [1.165, 1.54) is 36.4 Å². The van der Waals surface area contributed by atoms with E-state index in [0.29, 0.717) is 46.9 Å². The number of hydrazone groups is 1. The van der Waals surface area contributed by atoms with Crippen molar-refractivity contribution >= 4 is 46.6 Å². The van der Waals surface area contributed by atoms with Crippen LogP contribution in [0, 0.1) is 12.7 Å². The lowest BCUT2D eigenvalue weighted by molar-refractivity contribution is 0.0829. The molecule has 0 spiro atoms. The molecule has 4 rings (SSSR count). The first-order valence-corrected chi connectivity index (χ1v) is 11.3.